The van der Waals surface area contributed by atoms with Gasteiger partial charge < -0.3 is 15.0 Å². The lowest BCUT2D eigenvalue weighted by atomic mass is 9.90. The number of nitrogens with two attached hydrogens (primary N) is 1. The maximum Gasteiger partial charge on any atom is 0.238 e. The minimum Gasteiger partial charge on any atom is -0.497 e. The number of carbonyl (C=O) groups excluding carboxylic acids is 1. The number of sulfonamides is 1. The summed E-state index contributed by atoms with van der Waals surface area (Å²) in [5, 5.41) is 7.88. The fourth-order valence-electron chi connectivity index (χ4n) is 3.74. The molecule has 0 bridgehead atoms. The van der Waals surface area contributed by atoms with Gasteiger partial charge in [-0.3, -0.25) is 4.79 Å². The largest absolute Gasteiger partial charge is 0.497 e. The molecule has 0 aliphatic carbocycles. The van der Waals surface area contributed by atoms with Crippen LogP contribution in [0.3, 0.4) is 0 Å². The van der Waals surface area contributed by atoms with Crippen LogP contribution in [0.25, 0.3) is 0 Å². The summed E-state index contributed by atoms with van der Waals surface area (Å²) in [4.78, 5) is 14.5. The lowest BCUT2D eigenvalue weighted by molar-refractivity contribution is -0.116. The molecule has 0 atom stereocenters. The highest BCUT2D eigenvalue weighted by Gasteiger charge is 2.20. The van der Waals surface area contributed by atoms with Gasteiger partial charge in [0.25, 0.3) is 0 Å². The van der Waals surface area contributed by atoms with E-state index in [0.717, 1.165) is 38.1 Å². The highest BCUT2D eigenvalue weighted by atomic mass is 32.2. The van der Waals surface area contributed by atoms with Crippen LogP contribution < -0.4 is 15.2 Å². The molecule has 1 aliphatic heterocycles. The zero-order valence-electron chi connectivity index (χ0n) is 17.2. The highest BCUT2D eigenvalue weighted by Crippen LogP contribution is 2.23. The van der Waals surface area contributed by atoms with E-state index in [1.807, 2.05) is 12.1 Å². The first-order chi connectivity index (χ1) is 14.3. The Morgan fingerprint density at radius 3 is 2.50 bits per heavy atom. The number of rotatable bonds is 8. The number of carbonyl (C=O) groups is 1. The Balaban J connectivity index is 1.40. The third-order valence-electron chi connectivity index (χ3n) is 5.49. The van der Waals surface area contributed by atoms with Crippen molar-refractivity contribution in [2.24, 2.45) is 11.1 Å². The normalized spacial score (nSPS) is 15.7. The van der Waals surface area contributed by atoms with Crippen molar-refractivity contribution in [1.82, 2.24) is 4.90 Å². The van der Waals surface area contributed by atoms with Crippen molar-refractivity contribution in [1.29, 1.82) is 0 Å². The van der Waals surface area contributed by atoms with E-state index in [-0.39, 0.29) is 10.8 Å². The van der Waals surface area contributed by atoms with E-state index in [2.05, 4.69) is 22.3 Å². The van der Waals surface area contributed by atoms with Crippen molar-refractivity contribution in [3.63, 3.8) is 0 Å². The van der Waals surface area contributed by atoms with Crippen molar-refractivity contribution in [2.75, 3.05) is 32.1 Å². The van der Waals surface area contributed by atoms with Crippen molar-refractivity contribution >= 4 is 21.6 Å². The van der Waals surface area contributed by atoms with Crippen molar-refractivity contribution < 1.29 is 17.9 Å². The van der Waals surface area contributed by atoms with Crippen LogP contribution in [0.5, 0.6) is 5.75 Å². The second-order valence-electron chi connectivity index (χ2n) is 7.71. The summed E-state index contributed by atoms with van der Waals surface area (Å²) in [5.74, 6) is 1.40. The fraction of sp³-hybridized carbons (Fsp3) is 0.409. The van der Waals surface area contributed by atoms with Crippen LogP contribution >= 0.6 is 0 Å². The van der Waals surface area contributed by atoms with E-state index in [0.29, 0.717) is 24.6 Å². The molecule has 3 rings (SSSR count). The average molecular weight is 432 g/mol. The Morgan fingerprint density at radius 2 is 1.87 bits per heavy atom. The first-order valence-electron chi connectivity index (χ1n) is 10.1. The fourth-order valence-corrected chi connectivity index (χ4v) is 4.30. The number of methoxy groups -OCH3 is 1. The third-order valence-corrected chi connectivity index (χ3v) is 6.40. The number of piperidine rings is 1. The molecule has 30 heavy (non-hydrogen) atoms. The minimum atomic E-state index is -3.79. The van der Waals surface area contributed by atoms with Crippen LogP contribution in [-0.4, -0.2) is 46.0 Å². The monoisotopic (exact) mass is 431 g/mol. The average Bonchev–Trinajstić information content (AvgIpc) is 2.73. The summed E-state index contributed by atoms with van der Waals surface area (Å²) in [5.41, 5.74) is 1.76. The SMILES string of the molecule is COc1ccc(CC2CCN(CCC(=O)Nc3cccc(S(N)(=O)=O)c3)CC2)cc1. The topological polar surface area (TPSA) is 102 Å². The van der Waals surface area contributed by atoms with Gasteiger partial charge in [0.2, 0.25) is 15.9 Å². The molecule has 8 heteroatoms. The maximum absolute atomic E-state index is 12.2. The van der Waals surface area contributed by atoms with Gasteiger partial charge in [0.15, 0.2) is 0 Å². The molecule has 1 saturated heterocycles. The Morgan fingerprint density at radius 1 is 1.17 bits per heavy atom. The number of anilines is 1. The summed E-state index contributed by atoms with van der Waals surface area (Å²) in [6, 6.07) is 14.2. The Kier molecular flexibility index (Phi) is 7.47. The first-order valence-corrected chi connectivity index (χ1v) is 11.7. The molecule has 162 valence electrons. The minimum absolute atomic E-state index is 0.0146. The number of hydrogen-bond donors (Lipinski definition) is 2. The van der Waals surface area contributed by atoms with Gasteiger partial charge in [-0.25, -0.2) is 13.6 Å². The van der Waals surface area contributed by atoms with E-state index in [1.165, 1.54) is 17.7 Å². The Hall–Kier alpha value is -2.42. The molecule has 2 aromatic rings. The second-order valence-corrected chi connectivity index (χ2v) is 9.27. The molecule has 0 spiro atoms. The molecule has 2 aromatic carbocycles. The van der Waals surface area contributed by atoms with Crippen LogP contribution in [0.4, 0.5) is 5.69 Å². The van der Waals surface area contributed by atoms with E-state index in [1.54, 1.807) is 19.2 Å². The summed E-state index contributed by atoms with van der Waals surface area (Å²) < 4.78 is 28.1. The van der Waals surface area contributed by atoms with Gasteiger partial charge in [-0.1, -0.05) is 18.2 Å². The molecule has 1 heterocycles. The van der Waals surface area contributed by atoms with E-state index >= 15 is 0 Å². The summed E-state index contributed by atoms with van der Waals surface area (Å²) in [7, 11) is -2.11. The number of ether oxygens (including phenoxy) is 1. The van der Waals surface area contributed by atoms with Crippen LogP contribution in [0.2, 0.25) is 0 Å². The zero-order chi connectivity index (χ0) is 21.6. The molecule has 0 saturated carbocycles. The predicted molar refractivity (Wildman–Crippen MR) is 117 cm³/mol. The second kappa shape index (κ2) is 10.1. The molecule has 0 radical (unpaired) electrons. The molecular formula is C22H29N3O4S. The summed E-state index contributed by atoms with van der Waals surface area (Å²) in [6.45, 7) is 2.65. The molecule has 1 amide bonds. The third kappa shape index (κ3) is 6.55. The summed E-state index contributed by atoms with van der Waals surface area (Å²) in [6.07, 6.45) is 3.66. The number of hydrogen-bond acceptors (Lipinski definition) is 5. The predicted octanol–water partition coefficient (Wildman–Crippen LogP) is 2.63. The molecule has 0 aromatic heterocycles. The van der Waals surface area contributed by atoms with Gasteiger partial charge in [-0.05, 0) is 74.2 Å². The number of nitrogens with one attached hydrogen (secondary N) is 1. The number of benzene rings is 2. The van der Waals surface area contributed by atoms with Gasteiger partial charge in [0, 0.05) is 18.7 Å². The quantitative estimate of drug-likeness (QED) is 0.669. The van der Waals surface area contributed by atoms with Gasteiger partial charge >= 0.3 is 0 Å². The molecule has 0 unspecified atom stereocenters. The van der Waals surface area contributed by atoms with Crippen LogP contribution in [-0.2, 0) is 21.2 Å². The van der Waals surface area contributed by atoms with Gasteiger partial charge in [-0.15, -0.1) is 0 Å². The van der Waals surface area contributed by atoms with Gasteiger partial charge in [0.1, 0.15) is 5.75 Å². The van der Waals surface area contributed by atoms with Crippen molar-refractivity contribution in [3.8, 4) is 5.75 Å². The van der Waals surface area contributed by atoms with Crippen LogP contribution in [0.15, 0.2) is 53.4 Å². The Bertz CT molecular complexity index is 953. The number of primary sulfonamides is 1. The van der Waals surface area contributed by atoms with Gasteiger partial charge in [-0.2, -0.15) is 0 Å². The van der Waals surface area contributed by atoms with Gasteiger partial charge in [0.05, 0.1) is 12.0 Å². The maximum atomic E-state index is 12.2. The molecule has 1 aliphatic rings. The number of likely N-dealkylation sites (tertiary alicyclic amines) is 1. The lowest BCUT2D eigenvalue weighted by Crippen LogP contribution is -2.36. The van der Waals surface area contributed by atoms with E-state index in [4.69, 9.17) is 9.88 Å². The standard InChI is InChI=1S/C22H29N3O4S/c1-29-20-7-5-17(6-8-20)15-18-9-12-25(13-10-18)14-11-22(26)24-19-3-2-4-21(16-19)30(23,27)28/h2-8,16,18H,9-15H2,1H3,(H,24,26)(H2,23,27,28). The van der Waals surface area contributed by atoms with Crippen molar-refractivity contribution in [3.05, 3.63) is 54.1 Å². The van der Waals surface area contributed by atoms with Crippen LogP contribution in [0, 0.1) is 5.92 Å². The van der Waals surface area contributed by atoms with E-state index in [9.17, 15) is 13.2 Å². The molecule has 3 N–H and O–H groups in total. The lowest BCUT2D eigenvalue weighted by Gasteiger charge is -2.31. The molecule has 1 fully saturated rings. The zero-order valence-corrected chi connectivity index (χ0v) is 18.0. The molecule has 7 nitrogen and oxygen atoms in total. The first kappa shape index (κ1) is 22.3. The highest BCUT2D eigenvalue weighted by molar-refractivity contribution is 7.89. The summed E-state index contributed by atoms with van der Waals surface area (Å²) >= 11 is 0. The molecular weight excluding hydrogens is 402 g/mol. The Labute approximate surface area is 178 Å². The number of nitrogens with zero attached hydrogens (tertiary/aromatic N) is 1. The van der Waals surface area contributed by atoms with Crippen LogP contribution in [0.1, 0.15) is 24.8 Å². The van der Waals surface area contributed by atoms with Crippen molar-refractivity contribution in [2.45, 2.75) is 30.6 Å². The number of amides is 1. The smallest absolute Gasteiger partial charge is 0.238 e. The van der Waals surface area contributed by atoms with E-state index < -0.39 is 10.0 Å².